The lowest BCUT2D eigenvalue weighted by molar-refractivity contribution is -0.125. The molecule has 0 atom stereocenters. The minimum atomic E-state index is -0.292. The fourth-order valence-corrected chi connectivity index (χ4v) is 3.15. The summed E-state index contributed by atoms with van der Waals surface area (Å²) in [6.07, 6.45) is 3.71. The van der Waals surface area contributed by atoms with E-state index in [1.807, 2.05) is 48.5 Å². The molecule has 1 aliphatic rings. The number of anilines is 1. The normalized spacial score (nSPS) is 13.3. The Morgan fingerprint density at radius 3 is 2.78 bits per heavy atom. The molecule has 0 radical (unpaired) electrons. The van der Waals surface area contributed by atoms with Crippen molar-refractivity contribution in [3.8, 4) is 5.75 Å². The zero-order chi connectivity index (χ0) is 19.1. The Morgan fingerprint density at radius 2 is 1.93 bits per heavy atom. The molecule has 0 unspecified atom stereocenters. The molecule has 1 N–H and O–H groups in total. The van der Waals surface area contributed by atoms with Gasteiger partial charge in [0.25, 0.3) is 0 Å². The van der Waals surface area contributed by atoms with Crippen molar-refractivity contribution in [2.75, 3.05) is 18.6 Å². The van der Waals surface area contributed by atoms with E-state index in [0.717, 1.165) is 24.1 Å². The molecular weight excluding hydrogens is 342 g/mol. The van der Waals surface area contributed by atoms with Crippen LogP contribution < -0.4 is 15.1 Å². The highest BCUT2D eigenvalue weighted by Gasteiger charge is 2.22. The number of benzene rings is 2. The SMILES string of the molecule is COc1ccccc1C=NNC(=O)CCC(=O)N1CCCc2ccccc21. The molecule has 2 amide bonds. The molecule has 6 heteroatoms. The first kappa shape index (κ1) is 18.6. The van der Waals surface area contributed by atoms with Gasteiger partial charge in [0.05, 0.1) is 13.3 Å². The van der Waals surface area contributed by atoms with E-state index < -0.39 is 0 Å². The van der Waals surface area contributed by atoms with Crippen molar-refractivity contribution in [3.05, 3.63) is 59.7 Å². The molecule has 0 saturated heterocycles. The standard InChI is InChI=1S/C21H23N3O3/c1-27-19-11-5-3-8-17(19)15-22-23-20(25)12-13-21(26)24-14-6-9-16-7-2-4-10-18(16)24/h2-5,7-8,10-11,15H,6,9,12-14H2,1H3,(H,23,25). The van der Waals surface area contributed by atoms with Crippen LogP contribution in [0.2, 0.25) is 0 Å². The summed E-state index contributed by atoms with van der Waals surface area (Å²) < 4.78 is 5.22. The maximum atomic E-state index is 12.5. The Kier molecular flexibility index (Phi) is 6.20. The Hall–Kier alpha value is -3.15. The number of nitrogens with zero attached hydrogens (tertiary/aromatic N) is 2. The van der Waals surface area contributed by atoms with Crippen LogP contribution in [0.1, 0.15) is 30.4 Å². The monoisotopic (exact) mass is 365 g/mol. The number of para-hydroxylation sites is 2. The molecule has 0 saturated carbocycles. The van der Waals surface area contributed by atoms with Gasteiger partial charge in [0.1, 0.15) is 5.75 Å². The van der Waals surface area contributed by atoms with Gasteiger partial charge in [-0.3, -0.25) is 9.59 Å². The summed E-state index contributed by atoms with van der Waals surface area (Å²) in [6.45, 7) is 0.698. The van der Waals surface area contributed by atoms with Crippen LogP contribution in [0.3, 0.4) is 0 Å². The molecule has 140 valence electrons. The van der Waals surface area contributed by atoms with Gasteiger partial charge >= 0.3 is 0 Å². The van der Waals surface area contributed by atoms with E-state index in [9.17, 15) is 9.59 Å². The average Bonchev–Trinajstić information content (AvgIpc) is 2.72. The minimum absolute atomic E-state index is 0.0361. The van der Waals surface area contributed by atoms with Crippen molar-refractivity contribution in [1.29, 1.82) is 0 Å². The third-order valence-electron chi connectivity index (χ3n) is 4.51. The van der Waals surface area contributed by atoms with E-state index in [1.165, 1.54) is 11.8 Å². The van der Waals surface area contributed by atoms with Crippen LogP contribution in [0.25, 0.3) is 0 Å². The first-order chi connectivity index (χ1) is 13.2. The zero-order valence-electron chi connectivity index (χ0n) is 15.4. The number of nitrogens with one attached hydrogen (secondary N) is 1. The number of fused-ring (bicyclic) bond motifs is 1. The van der Waals surface area contributed by atoms with Crippen molar-refractivity contribution in [1.82, 2.24) is 5.43 Å². The molecule has 0 bridgehead atoms. The van der Waals surface area contributed by atoms with Crippen LogP contribution in [-0.2, 0) is 16.0 Å². The minimum Gasteiger partial charge on any atom is -0.496 e. The van der Waals surface area contributed by atoms with Gasteiger partial charge in [-0.05, 0) is 36.6 Å². The van der Waals surface area contributed by atoms with E-state index in [1.54, 1.807) is 12.0 Å². The molecule has 0 aromatic heterocycles. The van der Waals surface area contributed by atoms with Crippen molar-refractivity contribution in [3.63, 3.8) is 0 Å². The predicted molar refractivity (Wildman–Crippen MR) is 105 cm³/mol. The summed E-state index contributed by atoms with van der Waals surface area (Å²) in [5, 5.41) is 3.95. The van der Waals surface area contributed by atoms with Crippen LogP contribution in [0.4, 0.5) is 5.69 Å². The zero-order valence-corrected chi connectivity index (χ0v) is 15.4. The molecule has 2 aromatic carbocycles. The highest BCUT2D eigenvalue weighted by molar-refractivity contribution is 5.96. The number of aryl methyl sites for hydroxylation is 1. The number of carbonyl (C=O) groups excluding carboxylic acids is 2. The van der Waals surface area contributed by atoms with Gasteiger partial charge in [-0.15, -0.1) is 0 Å². The Bertz CT molecular complexity index is 848. The summed E-state index contributed by atoms with van der Waals surface area (Å²) >= 11 is 0. The van der Waals surface area contributed by atoms with Crippen molar-refractivity contribution < 1.29 is 14.3 Å². The summed E-state index contributed by atoms with van der Waals surface area (Å²) in [6, 6.07) is 15.3. The van der Waals surface area contributed by atoms with Gasteiger partial charge in [0, 0.05) is 30.6 Å². The number of rotatable bonds is 6. The summed E-state index contributed by atoms with van der Waals surface area (Å²) in [5.41, 5.74) is 5.37. The Balaban J connectivity index is 1.51. The maximum Gasteiger partial charge on any atom is 0.240 e. The smallest absolute Gasteiger partial charge is 0.240 e. The fraction of sp³-hybridized carbons (Fsp3) is 0.286. The number of hydrogen-bond donors (Lipinski definition) is 1. The van der Waals surface area contributed by atoms with Crippen molar-refractivity contribution >= 4 is 23.7 Å². The van der Waals surface area contributed by atoms with Crippen LogP contribution in [-0.4, -0.2) is 31.7 Å². The number of hydrazone groups is 1. The fourth-order valence-electron chi connectivity index (χ4n) is 3.15. The van der Waals surface area contributed by atoms with E-state index >= 15 is 0 Å². The second-order valence-corrected chi connectivity index (χ2v) is 6.31. The quantitative estimate of drug-likeness (QED) is 0.632. The molecule has 1 heterocycles. The average molecular weight is 365 g/mol. The molecule has 6 nitrogen and oxygen atoms in total. The van der Waals surface area contributed by atoms with E-state index in [0.29, 0.717) is 12.3 Å². The van der Waals surface area contributed by atoms with Gasteiger partial charge in [0.2, 0.25) is 11.8 Å². The van der Waals surface area contributed by atoms with Crippen LogP contribution in [0.15, 0.2) is 53.6 Å². The number of ether oxygens (including phenoxy) is 1. The van der Waals surface area contributed by atoms with Gasteiger partial charge < -0.3 is 9.64 Å². The largest absolute Gasteiger partial charge is 0.496 e. The molecule has 0 aliphatic carbocycles. The predicted octanol–water partition coefficient (Wildman–Crippen LogP) is 2.90. The number of amides is 2. The van der Waals surface area contributed by atoms with Crippen molar-refractivity contribution in [2.24, 2.45) is 5.10 Å². The van der Waals surface area contributed by atoms with Gasteiger partial charge in [0.15, 0.2) is 0 Å². The third-order valence-corrected chi connectivity index (χ3v) is 4.51. The van der Waals surface area contributed by atoms with E-state index in [-0.39, 0.29) is 24.7 Å². The van der Waals surface area contributed by atoms with Gasteiger partial charge in [-0.1, -0.05) is 30.3 Å². The lowest BCUT2D eigenvalue weighted by atomic mass is 10.0. The van der Waals surface area contributed by atoms with E-state index in [2.05, 4.69) is 10.5 Å². The topological polar surface area (TPSA) is 71.0 Å². The number of methoxy groups -OCH3 is 1. The molecule has 27 heavy (non-hydrogen) atoms. The van der Waals surface area contributed by atoms with Gasteiger partial charge in [-0.2, -0.15) is 5.10 Å². The van der Waals surface area contributed by atoms with Crippen LogP contribution in [0.5, 0.6) is 5.75 Å². The molecular formula is C21H23N3O3. The summed E-state index contributed by atoms with van der Waals surface area (Å²) in [4.78, 5) is 26.3. The van der Waals surface area contributed by atoms with Gasteiger partial charge in [-0.25, -0.2) is 5.43 Å². The third kappa shape index (κ3) is 4.73. The van der Waals surface area contributed by atoms with Crippen LogP contribution >= 0.6 is 0 Å². The lowest BCUT2D eigenvalue weighted by Gasteiger charge is -2.29. The van der Waals surface area contributed by atoms with Crippen molar-refractivity contribution in [2.45, 2.75) is 25.7 Å². The molecule has 2 aromatic rings. The Labute approximate surface area is 158 Å². The first-order valence-corrected chi connectivity index (χ1v) is 9.02. The number of carbonyl (C=O) groups is 2. The Morgan fingerprint density at radius 1 is 1.15 bits per heavy atom. The molecule has 0 fully saturated rings. The highest BCUT2D eigenvalue weighted by atomic mass is 16.5. The van der Waals surface area contributed by atoms with Crippen LogP contribution in [0, 0.1) is 0 Å². The van der Waals surface area contributed by atoms with E-state index in [4.69, 9.17) is 4.74 Å². The first-order valence-electron chi connectivity index (χ1n) is 9.02. The molecule has 1 aliphatic heterocycles. The highest BCUT2D eigenvalue weighted by Crippen LogP contribution is 2.27. The summed E-state index contributed by atoms with van der Waals surface area (Å²) in [5.74, 6) is 0.347. The summed E-state index contributed by atoms with van der Waals surface area (Å²) in [7, 11) is 1.58. The number of hydrogen-bond acceptors (Lipinski definition) is 4. The second-order valence-electron chi connectivity index (χ2n) is 6.31. The second kappa shape index (κ2) is 8.98. The molecule has 0 spiro atoms. The lowest BCUT2D eigenvalue weighted by Crippen LogP contribution is -2.36. The molecule has 3 rings (SSSR count). The maximum absolute atomic E-state index is 12.5.